The fourth-order valence-electron chi connectivity index (χ4n) is 2.71. The van der Waals surface area contributed by atoms with Gasteiger partial charge in [-0.25, -0.2) is 0 Å². The number of carbonyl (C=O) groups excluding carboxylic acids is 1. The molecule has 2 aromatic rings. The lowest BCUT2D eigenvalue weighted by Crippen LogP contribution is -2.35. The average molecular weight is 254 g/mol. The lowest BCUT2D eigenvalue weighted by Gasteiger charge is -2.24. The zero-order valence-electron chi connectivity index (χ0n) is 10.9. The van der Waals surface area contributed by atoms with Gasteiger partial charge in [0.15, 0.2) is 0 Å². The maximum atomic E-state index is 12.7. The van der Waals surface area contributed by atoms with Crippen LogP contribution in [0.3, 0.4) is 0 Å². The Morgan fingerprint density at radius 2 is 1.58 bits per heavy atom. The minimum Gasteiger partial charge on any atom is -0.341 e. The topological polar surface area (TPSA) is 25.2 Å². The van der Waals surface area contributed by atoms with E-state index in [1.165, 1.54) is 0 Å². The van der Waals surface area contributed by atoms with Gasteiger partial charge in [0.05, 0.1) is 0 Å². The van der Waals surface area contributed by atoms with Crippen LogP contribution in [0.15, 0.2) is 54.9 Å². The quantitative estimate of drug-likeness (QED) is 0.826. The van der Waals surface area contributed by atoms with Crippen LogP contribution in [-0.2, 0) is 4.79 Å². The first kappa shape index (κ1) is 12.0. The Balaban J connectivity index is 1.95. The predicted octanol–water partition coefficient (Wildman–Crippen LogP) is 2.70. The molecule has 0 aliphatic carbocycles. The molecule has 1 aliphatic rings. The third kappa shape index (κ3) is 2.41. The molecule has 1 aliphatic heterocycles. The summed E-state index contributed by atoms with van der Waals surface area (Å²) in [6.07, 6.45) is 6.18. The van der Waals surface area contributed by atoms with E-state index in [4.69, 9.17) is 0 Å². The van der Waals surface area contributed by atoms with Gasteiger partial charge >= 0.3 is 0 Å². The molecule has 0 radical (unpaired) electrons. The second-order valence-electron chi connectivity index (χ2n) is 4.98. The van der Waals surface area contributed by atoms with E-state index in [1.54, 1.807) is 0 Å². The van der Waals surface area contributed by atoms with Crippen LogP contribution >= 0.6 is 0 Å². The summed E-state index contributed by atoms with van der Waals surface area (Å²) in [5.41, 5.74) is 1.05. The Morgan fingerprint density at radius 3 is 2.21 bits per heavy atom. The van der Waals surface area contributed by atoms with Gasteiger partial charge in [-0.3, -0.25) is 4.79 Å². The highest BCUT2D eigenvalue weighted by Gasteiger charge is 2.28. The average Bonchev–Trinajstić information content (AvgIpc) is 3.13. The molecule has 1 saturated heterocycles. The van der Waals surface area contributed by atoms with Gasteiger partial charge in [-0.2, -0.15) is 0 Å². The van der Waals surface area contributed by atoms with Crippen molar-refractivity contribution in [1.82, 2.24) is 9.47 Å². The third-order valence-corrected chi connectivity index (χ3v) is 3.69. The van der Waals surface area contributed by atoms with Crippen LogP contribution in [0.25, 0.3) is 0 Å². The summed E-state index contributed by atoms with van der Waals surface area (Å²) in [4.78, 5) is 14.7. The van der Waals surface area contributed by atoms with E-state index in [2.05, 4.69) is 0 Å². The van der Waals surface area contributed by atoms with Crippen molar-refractivity contribution < 1.29 is 4.79 Å². The van der Waals surface area contributed by atoms with Crippen molar-refractivity contribution in [2.45, 2.75) is 18.9 Å². The zero-order chi connectivity index (χ0) is 13.1. The van der Waals surface area contributed by atoms with Crippen molar-refractivity contribution in [3.63, 3.8) is 0 Å². The van der Waals surface area contributed by atoms with Crippen LogP contribution in [0.2, 0.25) is 0 Å². The van der Waals surface area contributed by atoms with Gasteiger partial charge in [0.2, 0.25) is 5.91 Å². The van der Waals surface area contributed by atoms with Crippen molar-refractivity contribution in [3.8, 4) is 0 Å². The van der Waals surface area contributed by atoms with Crippen molar-refractivity contribution in [2.75, 3.05) is 13.1 Å². The molecular weight excluding hydrogens is 236 g/mol. The van der Waals surface area contributed by atoms with Crippen LogP contribution in [0.4, 0.5) is 0 Å². The lowest BCUT2D eigenvalue weighted by atomic mass is 10.1. The molecule has 3 heteroatoms. The first-order valence-electron chi connectivity index (χ1n) is 6.82. The largest absolute Gasteiger partial charge is 0.341 e. The van der Waals surface area contributed by atoms with Crippen LogP contribution < -0.4 is 0 Å². The van der Waals surface area contributed by atoms with E-state index in [0.29, 0.717) is 0 Å². The van der Waals surface area contributed by atoms with Gasteiger partial charge < -0.3 is 9.47 Å². The Bertz CT molecular complexity index is 527. The highest BCUT2D eigenvalue weighted by molar-refractivity contribution is 5.84. The highest BCUT2D eigenvalue weighted by atomic mass is 16.2. The van der Waals surface area contributed by atoms with Crippen molar-refractivity contribution >= 4 is 5.91 Å². The summed E-state index contributed by atoms with van der Waals surface area (Å²) in [5, 5.41) is 0. The molecule has 3 rings (SSSR count). The molecular formula is C16H18N2O. The van der Waals surface area contributed by atoms with Crippen LogP contribution in [0.1, 0.15) is 24.4 Å². The Kier molecular flexibility index (Phi) is 3.36. The SMILES string of the molecule is O=C([C@@H](c1ccccc1)n1cccc1)N1CCCC1. The minimum atomic E-state index is -0.228. The number of carbonyl (C=O) groups is 1. The number of nitrogens with zero attached hydrogens (tertiary/aromatic N) is 2. The normalized spacial score (nSPS) is 16.5. The molecule has 0 spiro atoms. The van der Waals surface area contributed by atoms with E-state index in [0.717, 1.165) is 31.5 Å². The van der Waals surface area contributed by atoms with Crippen LogP contribution in [-0.4, -0.2) is 28.5 Å². The molecule has 98 valence electrons. The number of hydrogen-bond acceptors (Lipinski definition) is 1. The van der Waals surface area contributed by atoms with E-state index >= 15 is 0 Å². The van der Waals surface area contributed by atoms with Crippen molar-refractivity contribution in [2.24, 2.45) is 0 Å². The van der Waals surface area contributed by atoms with Gasteiger partial charge in [-0.15, -0.1) is 0 Å². The molecule has 0 unspecified atom stereocenters. The zero-order valence-corrected chi connectivity index (χ0v) is 10.9. The molecule has 3 nitrogen and oxygen atoms in total. The summed E-state index contributed by atoms with van der Waals surface area (Å²) in [6.45, 7) is 1.78. The number of aromatic nitrogens is 1. The third-order valence-electron chi connectivity index (χ3n) is 3.69. The fourth-order valence-corrected chi connectivity index (χ4v) is 2.71. The van der Waals surface area contributed by atoms with Crippen molar-refractivity contribution in [3.05, 3.63) is 60.4 Å². The fraction of sp³-hybridized carbons (Fsp3) is 0.312. The van der Waals surface area contributed by atoms with E-state index < -0.39 is 0 Å². The molecule has 1 aromatic heterocycles. The van der Waals surface area contributed by atoms with Gasteiger partial charge in [-0.05, 0) is 30.5 Å². The number of likely N-dealkylation sites (tertiary alicyclic amines) is 1. The molecule has 1 fully saturated rings. The van der Waals surface area contributed by atoms with E-state index in [9.17, 15) is 4.79 Å². The van der Waals surface area contributed by atoms with Crippen molar-refractivity contribution in [1.29, 1.82) is 0 Å². The molecule has 1 amide bonds. The standard InChI is InChI=1S/C16H18N2O/c19-16(18-12-6-7-13-18)15(17-10-4-5-11-17)14-8-2-1-3-9-14/h1-5,8-11,15H,6-7,12-13H2/t15-/m1/s1. The highest BCUT2D eigenvalue weighted by Crippen LogP contribution is 2.23. The van der Waals surface area contributed by atoms with Crippen LogP contribution in [0, 0.1) is 0 Å². The van der Waals surface area contributed by atoms with Gasteiger partial charge in [0.1, 0.15) is 6.04 Å². The second-order valence-corrected chi connectivity index (χ2v) is 4.98. The maximum Gasteiger partial charge on any atom is 0.250 e. The maximum absolute atomic E-state index is 12.7. The molecule has 1 aromatic carbocycles. The Hall–Kier alpha value is -2.03. The van der Waals surface area contributed by atoms with Gasteiger partial charge in [0, 0.05) is 25.5 Å². The summed E-state index contributed by atoms with van der Waals surface area (Å²) in [6, 6.07) is 13.7. The van der Waals surface area contributed by atoms with Crippen LogP contribution in [0.5, 0.6) is 0 Å². The Labute approximate surface area is 113 Å². The number of amides is 1. The summed E-state index contributed by atoms with van der Waals surface area (Å²) >= 11 is 0. The van der Waals surface area contributed by atoms with Gasteiger partial charge in [0.25, 0.3) is 0 Å². The molecule has 19 heavy (non-hydrogen) atoms. The monoisotopic (exact) mass is 254 g/mol. The number of rotatable bonds is 3. The van der Waals surface area contributed by atoms with Gasteiger partial charge in [-0.1, -0.05) is 30.3 Å². The Morgan fingerprint density at radius 1 is 0.947 bits per heavy atom. The number of hydrogen-bond donors (Lipinski definition) is 0. The predicted molar refractivity (Wildman–Crippen MR) is 74.8 cm³/mol. The van der Waals surface area contributed by atoms with E-state index in [1.807, 2.05) is 64.3 Å². The lowest BCUT2D eigenvalue weighted by molar-refractivity contribution is -0.132. The summed E-state index contributed by atoms with van der Waals surface area (Å²) < 4.78 is 2.00. The molecule has 0 N–H and O–H groups in total. The smallest absolute Gasteiger partial charge is 0.250 e. The van der Waals surface area contributed by atoms with E-state index in [-0.39, 0.29) is 11.9 Å². The molecule has 2 heterocycles. The summed E-state index contributed by atoms with van der Waals surface area (Å²) in [7, 11) is 0. The molecule has 0 saturated carbocycles. The summed E-state index contributed by atoms with van der Waals surface area (Å²) in [5.74, 6) is 0.208. The first-order valence-corrected chi connectivity index (χ1v) is 6.82. The molecule has 1 atom stereocenters. The number of benzene rings is 1. The first-order chi connectivity index (χ1) is 9.36. The minimum absolute atomic E-state index is 0.208. The second kappa shape index (κ2) is 5.31. The molecule has 0 bridgehead atoms.